The second-order valence-corrected chi connectivity index (χ2v) is 8.41. The second-order valence-electron chi connectivity index (χ2n) is 6.64. The highest BCUT2D eigenvalue weighted by atomic mass is 79.9. The Balaban J connectivity index is 2.07. The Morgan fingerprint density at radius 2 is 2.10 bits per heavy atom. The summed E-state index contributed by atoms with van der Waals surface area (Å²) in [5.41, 5.74) is 1.11. The quantitative estimate of drug-likeness (QED) is 0.368. The summed E-state index contributed by atoms with van der Waals surface area (Å²) in [6.45, 7) is 1.99. The molecule has 0 radical (unpaired) electrons. The summed E-state index contributed by atoms with van der Waals surface area (Å²) >= 11 is 6.85. The van der Waals surface area contributed by atoms with Crippen molar-refractivity contribution in [3.05, 3.63) is 61.0 Å². The lowest BCUT2D eigenvalue weighted by Crippen LogP contribution is -2.22. The molecule has 0 spiro atoms. The van der Waals surface area contributed by atoms with Gasteiger partial charge in [-0.3, -0.25) is 4.79 Å². The number of hydrogen-bond donors (Lipinski definition) is 0. The van der Waals surface area contributed by atoms with E-state index in [0.29, 0.717) is 44.7 Å². The van der Waals surface area contributed by atoms with Gasteiger partial charge in [-0.25, -0.2) is 4.98 Å². The molecule has 0 aliphatic rings. The molecular weight excluding hydrogens is 528 g/mol. The number of rotatable bonds is 8. The first kappa shape index (κ1) is 23.0. The fourth-order valence-electron chi connectivity index (χ4n) is 2.99. The third-order valence-electron chi connectivity index (χ3n) is 4.48. The topological polar surface area (TPSA) is 89.5 Å². The number of unbranched alkanes of at least 4 members (excludes halogenated alkanes) is 1. The second kappa shape index (κ2) is 10.6. The summed E-state index contributed by atoms with van der Waals surface area (Å²) in [4.78, 5) is 17.8. The van der Waals surface area contributed by atoms with Crippen molar-refractivity contribution >= 4 is 49.0 Å². The number of aryl methyl sites for hydroxylation is 1. The zero-order valence-electron chi connectivity index (χ0n) is 17.1. The average Bonchev–Trinajstić information content (AvgIpc) is 2.76. The molecule has 1 heterocycles. The smallest absolute Gasteiger partial charge is 0.282 e. The maximum absolute atomic E-state index is 13.2. The largest absolute Gasteiger partial charge is 0.493 e. The Hall–Kier alpha value is -2.70. The number of halogens is 2. The molecule has 0 atom stereocenters. The number of benzene rings is 2. The molecule has 0 fully saturated rings. The third-order valence-corrected chi connectivity index (χ3v) is 5.57. The molecule has 3 rings (SSSR count). The fraction of sp³-hybridized carbons (Fsp3) is 0.273. The van der Waals surface area contributed by atoms with Gasteiger partial charge in [-0.1, -0.05) is 29.3 Å². The first-order chi connectivity index (χ1) is 15.0. The Labute approximate surface area is 196 Å². The van der Waals surface area contributed by atoms with E-state index in [9.17, 15) is 4.79 Å². The van der Waals surface area contributed by atoms with Gasteiger partial charge in [-0.2, -0.15) is 15.0 Å². The van der Waals surface area contributed by atoms with Gasteiger partial charge in [-0.15, -0.1) is 0 Å². The SMILES string of the molecule is CCCCc1nc2ccc(Br)cc2c(=O)n1N=Cc1cc(Br)c(OCC#N)c(OC)c1. The highest BCUT2D eigenvalue weighted by molar-refractivity contribution is 9.10. The van der Waals surface area contributed by atoms with Crippen LogP contribution in [0.15, 0.2) is 49.2 Å². The van der Waals surface area contributed by atoms with E-state index >= 15 is 0 Å². The van der Waals surface area contributed by atoms with Crippen LogP contribution in [0.2, 0.25) is 0 Å². The molecule has 0 N–H and O–H groups in total. The molecule has 0 amide bonds. The van der Waals surface area contributed by atoms with Gasteiger partial charge in [0, 0.05) is 10.9 Å². The normalized spacial score (nSPS) is 11.1. The lowest BCUT2D eigenvalue weighted by Gasteiger charge is -2.12. The number of aromatic nitrogens is 2. The predicted octanol–water partition coefficient (Wildman–Crippen LogP) is 5.06. The summed E-state index contributed by atoms with van der Waals surface area (Å²) in [6, 6.07) is 10.9. The first-order valence-electron chi connectivity index (χ1n) is 9.61. The highest BCUT2D eigenvalue weighted by Crippen LogP contribution is 2.36. The Kier molecular flexibility index (Phi) is 7.82. The molecular formula is C22H20Br2N4O3. The van der Waals surface area contributed by atoms with Crippen LogP contribution in [0, 0.1) is 11.3 Å². The van der Waals surface area contributed by atoms with Crippen molar-refractivity contribution in [3.8, 4) is 17.6 Å². The van der Waals surface area contributed by atoms with E-state index in [1.807, 2.05) is 18.2 Å². The molecule has 0 saturated carbocycles. The lowest BCUT2D eigenvalue weighted by molar-refractivity contribution is 0.327. The van der Waals surface area contributed by atoms with Crippen LogP contribution in [0.5, 0.6) is 11.5 Å². The minimum Gasteiger partial charge on any atom is -0.493 e. The van der Waals surface area contributed by atoms with Gasteiger partial charge in [0.1, 0.15) is 11.9 Å². The Bertz CT molecular complexity index is 1230. The van der Waals surface area contributed by atoms with Crippen LogP contribution in [0.25, 0.3) is 10.9 Å². The van der Waals surface area contributed by atoms with Crippen molar-refractivity contribution in [1.29, 1.82) is 5.26 Å². The summed E-state index contributed by atoms with van der Waals surface area (Å²) in [6.07, 6.45) is 4.09. The molecule has 2 aromatic carbocycles. The van der Waals surface area contributed by atoms with Crippen molar-refractivity contribution in [2.45, 2.75) is 26.2 Å². The van der Waals surface area contributed by atoms with E-state index in [1.165, 1.54) is 11.8 Å². The van der Waals surface area contributed by atoms with Crippen molar-refractivity contribution in [2.24, 2.45) is 5.10 Å². The van der Waals surface area contributed by atoms with Crippen LogP contribution in [-0.2, 0) is 6.42 Å². The van der Waals surface area contributed by atoms with Crippen LogP contribution < -0.4 is 15.0 Å². The molecule has 31 heavy (non-hydrogen) atoms. The van der Waals surface area contributed by atoms with Crippen molar-refractivity contribution < 1.29 is 9.47 Å². The molecule has 0 saturated heterocycles. The lowest BCUT2D eigenvalue weighted by atomic mass is 10.2. The van der Waals surface area contributed by atoms with Gasteiger partial charge < -0.3 is 9.47 Å². The van der Waals surface area contributed by atoms with Gasteiger partial charge in [0.15, 0.2) is 18.1 Å². The zero-order chi connectivity index (χ0) is 22.4. The number of methoxy groups -OCH3 is 1. The van der Waals surface area contributed by atoms with E-state index in [-0.39, 0.29) is 12.2 Å². The van der Waals surface area contributed by atoms with Crippen molar-refractivity contribution in [2.75, 3.05) is 13.7 Å². The number of fused-ring (bicyclic) bond motifs is 1. The predicted molar refractivity (Wildman–Crippen MR) is 127 cm³/mol. The van der Waals surface area contributed by atoms with Crippen LogP contribution in [-0.4, -0.2) is 29.6 Å². The highest BCUT2D eigenvalue weighted by Gasteiger charge is 2.13. The molecule has 7 nitrogen and oxygen atoms in total. The molecule has 1 aromatic heterocycles. The third kappa shape index (κ3) is 5.32. The van der Waals surface area contributed by atoms with Crippen LogP contribution in [0.3, 0.4) is 0 Å². The van der Waals surface area contributed by atoms with Crippen LogP contribution in [0.1, 0.15) is 31.2 Å². The monoisotopic (exact) mass is 546 g/mol. The molecule has 0 aliphatic heterocycles. The molecule has 9 heteroatoms. The molecule has 0 aliphatic carbocycles. The maximum atomic E-state index is 13.2. The molecule has 0 unspecified atom stereocenters. The van der Waals surface area contributed by atoms with E-state index in [2.05, 4.69) is 48.9 Å². The Morgan fingerprint density at radius 1 is 1.29 bits per heavy atom. The molecule has 3 aromatic rings. The van der Waals surface area contributed by atoms with E-state index in [1.54, 1.807) is 24.4 Å². The van der Waals surface area contributed by atoms with Crippen LogP contribution in [0.4, 0.5) is 0 Å². The van der Waals surface area contributed by atoms with Crippen molar-refractivity contribution in [3.63, 3.8) is 0 Å². The summed E-state index contributed by atoms with van der Waals surface area (Å²) < 4.78 is 13.6. The van der Waals surface area contributed by atoms with Crippen molar-refractivity contribution in [1.82, 2.24) is 9.66 Å². The van der Waals surface area contributed by atoms with E-state index < -0.39 is 0 Å². The van der Waals surface area contributed by atoms with Gasteiger partial charge in [-0.05, 0) is 58.2 Å². The van der Waals surface area contributed by atoms with E-state index in [0.717, 1.165) is 17.3 Å². The number of nitriles is 1. The number of nitrogens with zero attached hydrogens (tertiary/aromatic N) is 4. The van der Waals surface area contributed by atoms with Gasteiger partial charge in [0.25, 0.3) is 5.56 Å². The summed E-state index contributed by atoms with van der Waals surface area (Å²) in [5, 5.41) is 13.7. The standard InChI is InChI=1S/C22H20Br2N4O3/c1-3-4-5-20-27-18-7-6-15(23)12-16(18)22(29)28(20)26-13-14-10-17(24)21(31-9-8-25)19(11-14)30-2/h6-7,10-13H,3-5,9H2,1-2H3. The van der Waals surface area contributed by atoms with E-state index in [4.69, 9.17) is 14.7 Å². The summed E-state index contributed by atoms with van der Waals surface area (Å²) in [7, 11) is 1.51. The number of ether oxygens (including phenoxy) is 2. The first-order valence-corrected chi connectivity index (χ1v) is 11.2. The summed E-state index contributed by atoms with van der Waals surface area (Å²) in [5.74, 6) is 1.49. The zero-order valence-corrected chi connectivity index (χ0v) is 20.2. The van der Waals surface area contributed by atoms with Gasteiger partial charge in [0.2, 0.25) is 0 Å². The minimum atomic E-state index is -0.228. The van der Waals surface area contributed by atoms with Gasteiger partial charge in [0.05, 0.1) is 28.7 Å². The number of hydrogen-bond acceptors (Lipinski definition) is 6. The maximum Gasteiger partial charge on any atom is 0.282 e. The minimum absolute atomic E-state index is 0.100. The fourth-order valence-corrected chi connectivity index (χ4v) is 3.93. The van der Waals surface area contributed by atoms with Gasteiger partial charge >= 0.3 is 0 Å². The van der Waals surface area contributed by atoms with Crippen LogP contribution >= 0.6 is 31.9 Å². The molecule has 160 valence electrons. The molecule has 0 bridgehead atoms. The average molecular weight is 548 g/mol. The Morgan fingerprint density at radius 3 is 2.81 bits per heavy atom.